The molecule has 0 saturated carbocycles. The molecule has 0 saturated heterocycles. The van der Waals surface area contributed by atoms with Crippen molar-refractivity contribution in [1.29, 1.82) is 0 Å². The Morgan fingerprint density at radius 3 is 2.46 bits per heavy atom. The highest BCUT2D eigenvalue weighted by Crippen LogP contribution is 1.98. The number of rotatable bonds is 2. The highest BCUT2D eigenvalue weighted by molar-refractivity contribution is 6.60. The van der Waals surface area contributed by atoms with Crippen LogP contribution < -0.4 is 11.2 Å². The Labute approximate surface area is 73.8 Å². The number of nitrogens with zero attached hydrogens (tertiary/aromatic N) is 1. The van der Waals surface area contributed by atoms with E-state index in [-0.39, 0.29) is 17.0 Å². The van der Waals surface area contributed by atoms with Crippen molar-refractivity contribution in [2.24, 2.45) is 0 Å². The van der Waals surface area contributed by atoms with Gasteiger partial charge >= 0.3 is 13.1 Å². The molecule has 0 amide bonds. The number of hydrogen-bond donors (Lipinski definition) is 4. The van der Waals surface area contributed by atoms with Gasteiger partial charge in [0.2, 0.25) is 0 Å². The standard InChI is InChI=1S/C6H7BN2O4/c8-5-3(7(12)13)1-2-4(9-5)6(10)11/h1-2,12-13H,(H2,8,9)(H,10,11). The van der Waals surface area contributed by atoms with Crippen LogP contribution in [0.2, 0.25) is 0 Å². The summed E-state index contributed by atoms with van der Waals surface area (Å²) in [5.74, 6) is -1.42. The Balaban J connectivity index is 3.13. The van der Waals surface area contributed by atoms with Gasteiger partial charge in [0, 0.05) is 5.46 Å². The number of hydrogen-bond acceptors (Lipinski definition) is 5. The monoisotopic (exact) mass is 182 g/mol. The van der Waals surface area contributed by atoms with Gasteiger partial charge in [-0.1, -0.05) is 6.07 Å². The largest absolute Gasteiger partial charge is 0.492 e. The number of anilines is 1. The third-order valence-corrected chi connectivity index (χ3v) is 1.45. The zero-order chi connectivity index (χ0) is 10.0. The van der Waals surface area contributed by atoms with Crippen molar-refractivity contribution in [2.45, 2.75) is 0 Å². The maximum absolute atomic E-state index is 10.4. The highest BCUT2D eigenvalue weighted by Gasteiger charge is 2.17. The summed E-state index contributed by atoms with van der Waals surface area (Å²) in [6, 6.07) is 2.35. The number of pyridine rings is 1. The minimum atomic E-state index is -1.74. The van der Waals surface area contributed by atoms with Gasteiger partial charge in [-0.3, -0.25) is 0 Å². The number of aromatic nitrogens is 1. The summed E-state index contributed by atoms with van der Waals surface area (Å²) in [6.07, 6.45) is 0. The van der Waals surface area contributed by atoms with E-state index >= 15 is 0 Å². The predicted octanol–water partition coefficient (Wildman–Crippen LogP) is -1.96. The normalized spacial score (nSPS) is 9.69. The molecule has 0 spiro atoms. The molecule has 1 heterocycles. The first-order valence-corrected chi connectivity index (χ1v) is 3.38. The maximum Gasteiger partial charge on any atom is 0.492 e. The van der Waals surface area contributed by atoms with Gasteiger partial charge < -0.3 is 20.9 Å². The van der Waals surface area contributed by atoms with Gasteiger partial charge in [0.1, 0.15) is 5.82 Å². The molecule has 68 valence electrons. The van der Waals surface area contributed by atoms with Crippen LogP contribution in [0.1, 0.15) is 10.5 Å². The van der Waals surface area contributed by atoms with E-state index in [1.54, 1.807) is 0 Å². The van der Waals surface area contributed by atoms with Crippen LogP contribution in [0, 0.1) is 0 Å². The van der Waals surface area contributed by atoms with Crippen molar-refractivity contribution in [3.63, 3.8) is 0 Å². The first-order chi connectivity index (χ1) is 6.02. The van der Waals surface area contributed by atoms with Crippen molar-refractivity contribution >= 4 is 24.4 Å². The summed E-state index contributed by atoms with van der Waals surface area (Å²) in [5.41, 5.74) is 5.02. The number of carboxylic acid groups (broad SMARTS) is 1. The molecule has 0 atom stereocenters. The van der Waals surface area contributed by atoms with Gasteiger partial charge in [0.15, 0.2) is 5.69 Å². The fourth-order valence-corrected chi connectivity index (χ4v) is 0.823. The Hall–Kier alpha value is -1.60. The molecule has 6 nitrogen and oxygen atoms in total. The van der Waals surface area contributed by atoms with Crippen LogP contribution in [0.3, 0.4) is 0 Å². The molecule has 5 N–H and O–H groups in total. The first-order valence-electron chi connectivity index (χ1n) is 3.38. The van der Waals surface area contributed by atoms with Gasteiger partial charge in [0.05, 0.1) is 0 Å². The molecule has 0 unspecified atom stereocenters. The highest BCUT2D eigenvalue weighted by atomic mass is 16.4. The van der Waals surface area contributed by atoms with Gasteiger partial charge in [-0.25, -0.2) is 9.78 Å². The predicted molar refractivity (Wildman–Crippen MR) is 45.4 cm³/mol. The van der Waals surface area contributed by atoms with Gasteiger partial charge in [-0.15, -0.1) is 0 Å². The minimum absolute atomic E-state index is 0.00926. The fraction of sp³-hybridized carbons (Fsp3) is 0. The van der Waals surface area contributed by atoms with E-state index in [2.05, 4.69) is 4.98 Å². The molecule has 0 bridgehead atoms. The summed E-state index contributed by atoms with van der Waals surface area (Å²) in [6.45, 7) is 0. The summed E-state index contributed by atoms with van der Waals surface area (Å²) >= 11 is 0. The minimum Gasteiger partial charge on any atom is -0.477 e. The molecule has 13 heavy (non-hydrogen) atoms. The second kappa shape index (κ2) is 3.42. The smallest absolute Gasteiger partial charge is 0.477 e. The Bertz CT molecular complexity index is 341. The second-order valence-electron chi connectivity index (χ2n) is 2.35. The van der Waals surface area contributed by atoms with E-state index in [0.717, 1.165) is 6.07 Å². The molecule has 0 fully saturated rings. The molecule has 1 rings (SSSR count). The maximum atomic E-state index is 10.4. The van der Waals surface area contributed by atoms with Gasteiger partial charge in [-0.05, 0) is 6.07 Å². The van der Waals surface area contributed by atoms with E-state index in [4.69, 9.17) is 20.9 Å². The lowest BCUT2D eigenvalue weighted by Crippen LogP contribution is -2.33. The number of nitrogens with two attached hydrogens (primary N) is 1. The van der Waals surface area contributed by atoms with Crippen LogP contribution in [0.5, 0.6) is 0 Å². The van der Waals surface area contributed by atoms with E-state index < -0.39 is 13.1 Å². The summed E-state index contributed by atoms with van der Waals surface area (Å²) in [7, 11) is -1.74. The van der Waals surface area contributed by atoms with Crippen LogP contribution in [-0.4, -0.2) is 33.2 Å². The Morgan fingerprint density at radius 2 is 2.08 bits per heavy atom. The molecule has 0 aliphatic carbocycles. The molecule has 0 aromatic carbocycles. The molecular weight excluding hydrogens is 175 g/mol. The van der Waals surface area contributed by atoms with E-state index in [0.29, 0.717) is 0 Å². The molecule has 0 aliphatic heterocycles. The van der Waals surface area contributed by atoms with Crippen molar-refractivity contribution < 1.29 is 19.9 Å². The van der Waals surface area contributed by atoms with E-state index in [1.807, 2.05) is 0 Å². The van der Waals surface area contributed by atoms with Gasteiger partial charge in [-0.2, -0.15) is 0 Å². The quantitative estimate of drug-likeness (QED) is 0.394. The molecular formula is C6H7BN2O4. The molecule has 1 aromatic heterocycles. The van der Waals surface area contributed by atoms with Gasteiger partial charge in [0.25, 0.3) is 0 Å². The van der Waals surface area contributed by atoms with E-state index in [9.17, 15) is 4.79 Å². The van der Waals surface area contributed by atoms with Crippen LogP contribution in [-0.2, 0) is 0 Å². The summed E-state index contributed by atoms with van der Waals surface area (Å²) in [4.78, 5) is 13.8. The SMILES string of the molecule is Nc1nc(C(=O)O)ccc1B(O)O. The number of aromatic carboxylic acids is 1. The van der Waals surface area contributed by atoms with Crippen LogP contribution in [0.25, 0.3) is 0 Å². The third kappa shape index (κ3) is 1.95. The average molecular weight is 182 g/mol. The second-order valence-corrected chi connectivity index (χ2v) is 2.35. The zero-order valence-electron chi connectivity index (χ0n) is 6.51. The molecule has 1 aromatic rings. The average Bonchev–Trinajstić information content (AvgIpc) is 2.03. The third-order valence-electron chi connectivity index (χ3n) is 1.45. The summed E-state index contributed by atoms with van der Waals surface area (Å²) < 4.78 is 0. The fourth-order valence-electron chi connectivity index (χ4n) is 0.823. The lowest BCUT2D eigenvalue weighted by Gasteiger charge is -2.03. The van der Waals surface area contributed by atoms with Crippen molar-refractivity contribution in [3.05, 3.63) is 17.8 Å². The first kappa shape index (κ1) is 9.49. The molecule has 0 aliphatic rings. The Morgan fingerprint density at radius 1 is 1.46 bits per heavy atom. The van der Waals surface area contributed by atoms with Crippen LogP contribution in [0.15, 0.2) is 12.1 Å². The Kier molecular flexibility index (Phi) is 2.50. The molecule has 7 heteroatoms. The zero-order valence-corrected chi connectivity index (χ0v) is 6.51. The lowest BCUT2D eigenvalue weighted by atomic mass is 9.80. The van der Waals surface area contributed by atoms with Crippen molar-refractivity contribution in [3.8, 4) is 0 Å². The van der Waals surface area contributed by atoms with Crippen LogP contribution >= 0.6 is 0 Å². The van der Waals surface area contributed by atoms with Crippen molar-refractivity contribution in [2.75, 3.05) is 5.73 Å². The van der Waals surface area contributed by atoms with Crippen LogP contribution in [0.4, 0.5) is 5.82 Å². The number of carbonyl (C=O) groups is 1. The molecule has 0 radical (unpaired) electrons. The summed E-state index contributed by atoms with van der Waals surface area (Å²) in [5, 5.41) is 25.9. The number of carboxylic acids is 1. The van der Waals surface area contributed by atoms with E-state index in [1.165, 1.54) is 6.07 Å². The topological polar surface area (TPSA) is 117 Å². The number of nitrogen functional groups attached to an aromatic ring is 1. The lowest BCUT2D eigenvalue weighted by molar-refractivity contribution is 0.0690. The van der Waals surface area contributed by atoms with Crippen molar-refractivity contribution in [1.82, 2.24) is 4.98 Å².